The molecule has 0 fully saturated rings. The van der Waals surface area contributed by atoms with Crippen LogP contribution in [0, 0.1) is 0 Å². The number of nitrogens with zero attached hydrogens (tertiary/aromatic N) is 4. The minimum absolute atomic E-state index is 0.285. The van der Waals surface area contributed by atoms with Crippen LogP contribution in [-0.4, -0.2) is 25.7 Å². The maximum Gasteiger partial charge on any atom is 0.276 e. The Morgan fingerprint density at radius 3 is 2.81 bits per heavy atom. The van der Waals surface area contributed by atoms with Crippen LogP contribution in [0.1, 0.15) is 10.5 Å². The number of carbonyl (C=O) groups is 1. The van der Waals surface area contributed by atoms with Gasteiger partial charge in [-0.2, -0.15) is 5.10 Å². The van der Waals surface area contributed by atoms with Gasteiger partial charge in [-0.15, -0.1) is 0 Å². The van der Waals surface area contributed by atoms with Gasteiger partial charge in [0.2, 0.25) is 0 Å². The highest BCUT2D eigenvalue weighted by Crippen LogP contribution is 2.16. The average molecular weight is 282 g/mol. The average Bonchev–Trinajstić information content (AvgIpc) is 2.60. The number of halogens is 1. The zero-order valence-corrected chi connectivity index (χ0v) is 9.97. The number of carbonyl (C=O) groups excluding carboxylic acids is 1. The lowest BCUT2D eigenvalue weighted by Crippen LogP contribution is -2.17. The highest BCUT2D eigenvalue weighted by atomic mass is 79.9. The number of hydrogen-bond donors (Lipinski definition) is 1. The van der Waals surface area contributed by atoms with Crippen LogP contribution >= 0.6 is 15.9 Å². The molecule has 7 heteroatoms. The summed E-state index contributed by atoms with van der Waals surface area (Å²) in [5.74, 6) is 0.118. The SMILES string of the molecule is Cn1ncc(Br)c1C(=O)Nc1cnccn1. The van der Waals surface area contributed by atoms with Crippen molar-refractivity contribution in [2.75, 3.05) is 5.32 Å². The first kappa shape index (κ1) is 10.7. The largest absolute Gasteiger partial charge is 0.304 e. The second-order valence-electron chi connectivity index (χ2n) is 3.01. The van der Waals surface area contributed by atoms with Crippen LogP contribution in [0.2, 0.25) is 0 Å². The Hall–Kier alpha value is -1.76. The van der Waals surface area contributed by atoms with Crippen molar-refractivity contribution in [2.45, 2.75) is 0 Å². The molecule has 2 aromatic rings. The first-order valence-electron chi connectivity index (χ1n) is 4.43. The standard InChI is InChI=1S/C9H8BrN5O/c1-15-8(6(10)4-13-15)9(16)14-7-5-11-2-3-12-7/h2-5H,1H3,(H,12,14,16). The van der Waals surface area contributed by atoms with Crippen molar-refractivity contribution in [3.8, 4) is 0 Å². The van der Waals surface area contributed by atoms with Gasteiger partial charge in [-0.3, -0.25) is 14.5 Å². The summed E-state index contributed by atoms with van der Waals surface area (Å²) in [4.78, 5) is 19.6. The molecule has 16 heavy (non-hydrogen) atoms. The van der Waals surface area contributed by atoms with Crippen molar-refractivity contribution in [1.29, 1.82) is 0 Å². The fourth-order valence-corrected chi connectivity index (χ4v) is 1.73. The van der Waals surface area contributed by atoms with E-state index in [1.807, 2.05) is 0 Å². The number of rotatable bonds is 2. The second-order valence-corrected chi connectivity index (χ2v) is 3.86. The molecule has 0 radical (unpaired) electrons. The third-order valence-electron chi connectivity index (χ3n) is 1.91. The molecule has 2 aromatic heterocycles. The minimum Gasteiger partial charge on any atom is -0.304 e. The van der Waals surface area contributed by atoms with E-state index in [1.54, 1.807) is 13.2 Å². The molecule has 1 amide bonds. The second kappa shape index (κ2) is 4.40. The van der Waals surface area contributed by atoms with Crippen LogP contribution in [0.4, 0.5) is 5.82 Å². The first-order chi connectivity index (χ1) is 7.68. The summed E-state index contributed by atoms with van der Waals surface area (Å²) in [6.07, 6.45) is 6.08. The molecular weight excluding hydrogens is 274 g/mol. The van der Waals surface area contributed by atoms with E-state index < -0.39 is 0 Å². The van der Waals surface area contributed by atoms with Crippen molar-refractivity contribution >= 4 is 27.7 Å². The number of anilines is 1. The van der Waals surface area contributed by atoms with E-state index in [0.717, 1.165) is 0 Å². The summed E-state index contributed by atoms with van der Waals surface area (Å²) in [5.41, 5.74) is 0.436. The van der Waals surface area contributed by atoms with Crippen molar-refractivity contribution in [3.05, 3.63) is 35.0 Å². The van der Waals surface area contributed by atoms with Crippen molar-refractivity contribution < 1.29 is 4.79 Å². The quantitative estimate of drug-likeness (QED) is 0.899. The zero-order chi connectivity index (χ0) is 11.5. The smallest absolute Gasteiger partial charge is 0.276 e. The summed E-state index contributed by atoms with van der Waals surface area (Å²) in [6.45, 7) is 0. The van der Waals surface area contributed by atoms with Gasteiger partial charge in [-0.1, -0.05) is 0 Å². The zero-order valence-electron chi connectivity index (χ0n) is 8.38. The van der Waals surface area contributed by atoms with Crippen LogP contribution in [0.15, 0.2) is 29.3 Å². The van der Waals surface area contributed by atoms with E-state index in [4.69, 9.17) is 0 Å². The van der Waals surface area contributed by atoms with E-state index in [2.05, 4.69) is 36.3 Å². The maximum absolute atomic E-state index is 11.8. The normalized spacial score (nSPS) is 10.1. The van der Waals surface area contributed by atoms with Gasteiger partial charge in [0.15, 0.2) is 5.82 Å². The molecule has 82 valence electrons. The van der Waals surface area contributed by atoms with E-state index in [0.29, 0.717) is 16.0 Å². The number of hydrogen-bond acceptors (Lipinski definition) is 4. The maximum atomic E-state index is 11.8. The van der Waals surface area contributed by atoms with Gasteiger partial charge >= 0.3 is 0 Å². The van der Waals surface area contributed by atoms with Gasteiger partial charge < -0.3 is 5.32 Å². The molecule has 0 aromatic carbocycles. The predicted molar refractivity (Wildman–Crippen MR) is 60.9 cm³/mol. The summed E-state index contributed by atoms with van der Waals surface area (Å²) < 4.78 is 2.12. The fourth-order valence-electron chi connectivity index (χ4n) is 1.21. The Labute approximate surface area is 99.8 Å². The molecule has 2 heterocycles. The minimum atomic E-state index is -0.285. The van der Waals surface area contributed by atoms with Gasteiger partial charge in [0, 0.05) is 19.4 Å². The molecule has 1 N–H and O–H groups in total. The van der Waals surface area contributed by atoms with Gasteiger partial charge in [-0.25, -0.2) is 4.98 Å². The third-order valence-corrected chi connectivity index (χ3v) is 2.49. The third kappa shape index (κ3) is 2.08. The topological polar surface area (TPSA) is 72.7 Å². The van der Waals surface area contributed by atoms with Crippen LogP contribution in [0.5, 0.6) is 0 Å². The number of aryl methyl sites for hydroxylation is 1. The summed E-state index contributed by atoms with van der Waals surface area (Å²) in [5, 5.41) is 6.57. The Bertz CT molecular complexity index is 490. The Kier molecular flexibility index (Phi) is 2.95. The van der Waals surface area contributed by atoms with E-state index in [9.17, 15) is 4.79 Å². The first-order valence-corrected chi connectivity index (χ1v) is 5.22. The van der Waals surface area contributed by atoms with Crippen molar-refractivity contribution in [1.82, 2.24) is 19.7 Å². The Morgan fingerprint density at radius 2 is 2.25 bits per heavy atom. The monoisotopic (exact) mass is 281 g/mol. The van der Waals surface area contributed by atoms with Gasteiger partial charge in [0.25, 0.3) is 5.91 Å². The molecule has 0 bridgehead atoms. The van der Waals surface area contributed by atoms with E-state index in [-0.39, 0.29) is 5.91 Å². The van der Waals surface area contributed by atoms with Crippen molar-refractivity contribution in [2.24, 2.45) is 7.05 Å². The summed E-state index contributed by atoms with van der Waals surface area (Å²) in [7, 11) is 1.69. The van der Waals surface area contributed by atoms with Gasteiger partial charge in [-0.05, 0) is 15.9 Å². The van der Waals surface area contributed by atoms with E-state index in [1.165, 1.54) is 23.3 Å². The van der Waals surface area contributed by atoms with Crippen LogP contribution < -0.4 is 5.32 Å². The highest BCUT2D eigenvalue weighted by Gasteiger charge is 2.15. The van der Waals surface area contributed by atoms with Crippen LogP contribution in [0.25, 0.3) is 0 Å². The molecule has 0 saturated carbocycles. The fraction of sp³-hybridized carbons (Fsp3) is 0.111. The molecule has 0 atom stereocenters. The molecule has 2 rings (SSSR count). The van der Waals surface area contributed by atoms with Gasteiger partial charge in [0.1, 0.15) is 5.69 Å². The van der Waals surface area contributed by atoms with Crippen LogP contribution in [-0.2, 0) is 7.05 Å². The molecule has 0 saturated heterocycles. The van der Waals surface area contributed by atoms with Crippen LogP contribution in [0.3, 0.4) is 0 Å². The lowest BCUT2D eigenvalue weighted by molar-refractivity contribution is 0.101. The molecule has 6 nitrogen and oxygen atoms in total. The number of aromatic nitrogens is 4. The molecule has 0 aliphatic heterocycles. The number of amides is 1. The van der Waals surface area contributed by atoms with Crippen molar-refractivity contribution in [3.63, 3.8) is 0 Å². The molecule has 0 aliphatic carbocycles. The molecule has 0 aliphatic rings. The summed E-state index contributed by atoms with van der Waals surface area (Å²) >= 11 is 3.25. The number of nitrogens with one attached hydrogen (secondary N) is 1. The lowest BCUT2D eigenvalue weighted by Gasteiger charge is -2.04. The Morgan fingerprint density at radius 1 is 1.44 bits per heavy atom. The summed E-state index contributed by atoms with van der Waals surface area (Å²) in [6, 6.07) is 0. The Balaban J connectivity index is 2.22. The predicted octanol–water partition coefficient (Wildman–Crippen LogP) is 1.22. The molecular formula is C9H8BrN5O. The lowest BCUT2D eigenvalue weighted by atomic mass is 10.4. The van der Waals surface area contributed by atoms with Gasteiger partial charge in [0.05, 0.1) is 16.9 Å². The highest BCUT2D eigenvalue weighted by molar-refractivity contribution is 9.10. The molecule has 0 spiro atoms. The van der Waals surface area contributed by atoms with E-state index >= 15 is 0 Å². The molecule has 0 unspecified atom stereocenters.